The predicted octanol–water partition coefficient (Wildman–Crippen LogP) is 4.86. The molecule has 0 saturated heterocycles. The summed E-state index contributed by atoms with van der Waals surface area (Å²) >= 11 is 0. The molecule has 3 aromatic rings. The summed E-state index contributed by atoms with van der Waals surface area (Å²) in [5, 5.41) is 1.58. The summed E-state index contributed by atoms with van der Waals surface area (Å²) in [5.41, 5.74) is 2.50. The second-order valence-electron chi connectivity index (χ2n) is 8.02. The number of pyridine rings is 1. The van der Waals surface area contributed by atoms with Crippen LogP contribution >= 0.6 is 0 Å². The highest BCUT2D eigenvalue weighted by molar-refractivity contribution is 6.15. The van der Waals surface area contributed by atoms with Crippen molar-refractivity contribution in [2.24, 2.45) is 0 Å². The second kappa shape index (κ2) is 8.44. The molecular formula is C23H28N2O5. The number of esters is 1. The Bertz CT molecular complexity index is 1110. The number of hydrogen-bond acceptors (Lipinski definition) is 6. The zero-order valence-corrected chi connectivity index (χ0v) is 18.4. The highest BCUT2D eigenvalue weighted by Gasteiger charge is 2.26. The Morgan fingerprint density at radius 2 is 1.87 bits per heavy atom. The van der Waals surface area contributed by atoms with Crippen LogP contribution in [0.3, 0.4) is 0 Å². The molecule has 1 aromatic carbocycles. The lowest BCUT2D eigenvalue weighted by molar-refractivity contribution is 0.0513. The van der Waals surface area contributed by atoms with Crippen LogP contribution < -0.4 is 0 Å². The van der Waals surface area contributed by atoms with Gasteiger partial charge in [0.15, 0.2) is 5.69 Å². The quantitative estimate of drug-likeness (QED) is 0.557. The molecular weight excluding hydrogens is 384 g/mol. The summed E-state index contributed by atoms with van der Waals surface area (Å²) in [6, 6.07) is 5.92. The molecule has 0 atom stereocenters. The van der Waals surface area contributed by atoms with Crippen LogP contribution in [-0.4, -0.2) is 40.9 Å². The van der Waals surface area contributed by atoms with Crippen LogP contribution in [0.5, 0.6) is 0 Å². The summed E-state index contributed by atoms with van der Waals surface area (Å²) in [5.74, 6) is -0.517. The number of hydrogen-bond donors (Lipinski definition) is 0. The molecule has 0 bridgehead atoms. The van der Waals surface area contributed by atoms with Gasteiger partial charge in [-0.05, 0) is 51.8 Å². The molecule has 0 radical (unpaired) electrons. The number of nitrogens with zero attached hydrogens (tertiary/aromatic N) is 2. The molecule has 30 heavy (non-hydrogen) atoms. The lowest BCUT2D eigenvalue weighted by Crippen LogP contribution is -2.27. The van der Waals surface area contributed by atoms with E-state index in [0.717, 1.165) is 22.8 Å². The van der Waals surface area contributed by atoms with E-state index in [-0.39, 0.29) is 18.9 Å². The second-order valence-corrected chi connectivity index (χ2v) is 8.02. The summed E-state index contributed by atoms with van der Waals surface area (Å²) < 4.78 is 17.7. The number of carbonyl (C=O) groups is 2. The van der Waals surface area contributed by atoms with Gasteiger partial charge in [-0.15, -0.1) is 0 Å². The molecule has 7 nitrogen and oxygen atoms in total. The van der Waals surface area contributed by atoms with Crippen molar-refractivity contribution in [2.75, 3.05) is 13.7 Å². The number of rotatable bonds is 5. The van der Waals surface area contributed by atoms with Crippen LogP contribution in [0.4, 0.5) is 4.79 Å². The summed E-state index contributed by atoms with van der Waals surface area (Å²) in [6.07, 6.45) is 1.86. The molecule has 0 N–H and O–H groups in total. The van der Waals surface area contributed by atoms with E-state index < -0.39 is 17.7 Å². The Hall–Kier alpha value is -2.93. The maximum atomic E-state index is 13.1. The normalized spacial score (nSPS) is 11.8. The van der Waals surface area contributed by atoms with Gasteiger partial charge in [-0.25, -0.2) is 19.1 Å². The lowest BCUT2D eigenvalue weighted by atomic mass is 10.0. The minimum atomic E-state index is -0.656. The van der Waals surface area contributed by atoms with Gasteiger partial charge in [-0.1, -0.05) is 13.0 Å². The molecule has 160 valence electrons. The fourth-order valence-corrected chi connectivity index (χ4v) is 3.50. The fraction of sp³-hybridized carbons (Fsp3) is 0.435. The highest BCUT2D eigenvalue weighted by Crippen LogP contribution is 2.34. The third-order valence-electron chi connectivity index (χ3n) is 4.71. The van der Waals surface area contributed by atoms with Crippen LogP contribution in [0, 0.1) is 0 Å². The Morgan fingerprint density at radius 1 is 1.13 bits per heavy atom. The maximum Gasteiger partial charge on any atom is 0.419 e. The van der Waals surface area contributed by atoms with Gasteiger partial charge in [0.1, 0.15) is 5.60 Å². The van der Waals surface area contributed by atoms with Gasteiger partial charge in [-0.2, -0.15) is 0 Å². The van der Waals surface area contributed by atoms with E-state index in [1.807, 2.05) is 39.0 Å². The Morgan fingerprint density at radius 3 is 2.47 bits per heavy atom. The number of fused-ring (bicyclic) bond motifs is 3. The standard InChI is InChI=1S/C23H28N2O5/c1-7-14-9-10-17-15(11-14)19-16(13-28-6)20(21(26)29-8-2)24-12-18(19)25(17)22(27)30-23(3,4)5/h9-12H,7-8,13H2,1-6H3. The molecule has 3 rings (SSSR count). The number of aryl methyl sites for hydroxylation is 1. The molecule has 2 heterocycles. The van der Waals surface area contributed by atoms with Crippen molar-refractivity contribution >= 4 is 33.9 Å². The number of benzene rings is 1. The van der Waals surface area contributed by atoms with Crippen molar-refractivity contribution in [2.45, 2.75) is 53.2 Å². The van der Waals surface area contributed by atoms with Crippen LogP contribution in [0.2, 0.25) is 0 Å². The van der Waals surface area contributed by atoms with Crippen LogP contribution in [0.15, 0.2) is 24.4 Å². The van der Waals surface area contributed by atoms with E-state index in [4.69, 9.17) is 14.2 Å². The van der Waals surface area contributed by atoms with Gasteiger partial charge < -0.3 is 14.2 Å². The first-order valence-corrected chi connectivity index (χ1v) is 10.1. The molecule has 0 aliphatic heterocycles. The zero-order valence-electron chi connectivity index (χ0n) is 18.4. The molecule has 2 aromatic heterocycles. The van der Waals surface area contributed by atoms with E-state index in [9.17, 15) is 9.59 Å². The maximum absolute atomic E-state index is 13.1. The zero-order chi connectivity index (χ0) is 22.1. The largest absolute Gasteiger partial charge is 0.461 e. The van der Waals surface area contributed by atoms with Gasteiger partial charge in [-0.3, -0.25) is 0 Å². The fourth-order valence-electron chi connectivity index (χ4n) is 3.50. The summed E-state index contributed by atoms with van der Waals surface area (Å²) in [4.78, 5) is 30.0. The Kier molecular flexibility index (Phi) is 6.12. The average molecular weight is 412 g/mol. The number of carbonyl (C=O) groups excluding carboxylic acids is 2. The third kappa shape index (κ3) is 4.03. The van der Waals surface area contributed by atoms with Crippen LogP contribution in [0.25, 0.3) is 21.8 Å². The third-order valence-corrected chi connectivity index (χ3v) is 4.71. The molecule has 0 saturated carbocycles. The Labute approximate surface area is 175 Å². The highest BCUT2D eigenvalue weighted by atomic mass is 16.6. The van der Waals surface area contributed by atoms with Crippen molar-refractivity contribution in [1.82, 2.24) is 9.55 Å². The number of ether oxygens (including phenoxy) is 3. The average Bonchev–Trinajstić information content (AvgIpc) is 3.01. The number of methoxy groups -OCH3 is 1. The molecule has 0 fully saturated rings. The minimum Gasteiger partial charge on any atom is -0.461 e. The van der Waals surface area contributed by atoms with E-state index in [1.54, 1.807) is 14.0 Å². The van der Waals surface area contributed by atoms with Crippen molar-refractivity contribution in [3.8, 4) is 0 Å². The van der Waals surface area contributed by atoms with Crippen molar-refractivity contribution in [1.29, 1.82) is 0 Å². The number of aromatic nitrogens is 2. The first-order valence-electron chi connectivity index (χ1n) is 10.1. The van der Waals surface area contributed by atoms with Gasteiger partial charge in [0.2, 0.25) is 0 Å². The van der Waals surface area contributed by atoms with Crippen molar-refractivity contribution in [3.63, 3.8) is 0 Å². The Balaban J connectivity index is 2.40. The molecule has 0 aliphatic rings. The van der Waals surface area contributed by atoms with E-state index >= 15 is 0 Å². The molecule has 0 aliphatic carbocycles. The molecule has 0 unspecified atom stereocenters. The topological polar surface area (TPSA) is 79.7 Å². The van der Waals surface area contributed by atoms with Crippen LogP contribution in [-0.2, 0) is 27.2 Å². The van der Waals surface area contributed by atoms with Crippen molar-refractivity contribution < 1.29 is 23.8 Å². The summed E-state index contributed by atoms with van der Waals surface area (Å²) in [7, 11) is 1.55. The SMILES string of the molecule is CCOC(=O)c1ncc2c(c1COC)c1cc(CC)ccc1n2C(=O)OC(C)(C)C. The summed E-state index contributed by atoms with van der Waals surface area (Å²) in [6.45, 7) is 9.67. The molecule has 7 heteroatoms. The first-order chi connectivity index (χ1) is 14.2. The molecule has 0 amide bonds. The van der Waals surface area contributed by atoms with E-state index in [1.165, 1.54) is 10.8 Å². The predicted molar refractivity (Wildman–Crippen MR) is 115 cm³/mol. The van der Waals surface area contributed by atoms with Gasteiger partial charge in [0.25, 0.3) is 0 Å². The van der Waals surface area contributed by atoms with Gasteiger partial charge in [0, 0.05) is 23.4 Å². The minimum absolute atomic E-state index is 0.155. The first kappa shape index (κ1) is 21.8. The molecule has 0 spiro atoms. The van der Waals surface area contributed by atoms with E-state index in [0.29, 0.717) is 16.6 Å². The smallest absolute Gasteiger partial charge is 0.419 e. The van der Waals surface area contributed by atoms with Gasteiger partial charge in [0.05, 0.1) is 30.4 Å². The monoisotopic (exact) mass is 412 g/mol. The van der Waals surface area contributed by atoms with Crippen LogP contribution in [0.1, 0.15) is 56.2 Å². The van der Waals surface area contributed by atoms with Gasteiger partial charge >= 0.3 is 12.1 Å². The lowest BCUT2D eigenvalue weighted by Gasteiger charge is -2.20. The van der Waals surface area contributed by atoms with Crippen molar-refractivity contribution in [3.05, 3.63) is 41.2 Å². The van der Waals surface area contributed by atoms with E-state index in [2.05, 4.69) is 11.9 Å².